The summed E-state index contributed by atoms with van der Waals surface area (Å²) >= 11 is 3.81. The molecule has 0 aliphatic heterocycles. The Labute approximate surface area is 117 Å². The molecule has 3 nitrogen and oxygen atoms in total. The molecule has 5 heteroatoms. The molecule has 0 fully saturated rings. The number of hydrogen-bond donors (Lipinski definition) is 1. The van der Waals surface area contributed by atoms with E-state index in [1.165, 1.54) is 4.88 Å². The van der Waals surface area contributed by atoms with Crippen LogP contribution < -0.4 is 0 Å². The van der Waals surface area contributed by atoms with Crippen LogP contribution in [0.3, 0.4) is 0 Å². The van der Waals surface area contributed by atoms with Gasteiger partial charge in [-0.3, -0.25) is 0 Å². The van der Waals surface area contributed by atoms with E-state index in [0.717, 1.165) is 9.99 Å². The summed E-state index contributed by atoms with van der Waals surface area (Å²) in [5.74, 6) is -0.872. The molecule has 0 saturated carbocycles. The summed E-state index contributed by atoms with van der Waals surface area (Å²) in [4.78, 5) is 12.4. The molecule has 2 aromatic heterocycles. The first-order chi connectivity index (χ1) is 8.13. The van der Waals surface area contributed by atoms with Gasteiger partial charge in [0.25, 0.3) is 0 Å². The zero-order valence-corrected chi connectivity index (χ0v) is 12.2. The van der Waals surface area contributed by atoms with Crippen LogP contribution >= 0.6 is 33.9 Å². The first-order valence-corrected chi connectivity index (χ1v) is 7.23. The third-order valence-electron chi connectivity index (χ3n) is 2.63. The van der Waals surface area contributed by atoms with Gasteiger partial charge in [0.15, 0.2) is 0 Å². The van der Waals surface area contributed by atoms with Crippen molar-refractivity contribution in [3.05, 3.63) is 43.9 Å². The summed E-state index contributed by atoms with van der Waals surface area (Å²) in [5.41, 5.74) is 0.356. The standard InChI is InChI=1S/C12H12INO2S/c1-2-9(11-4-3-5-17-11)14-7-8(13)6-10(14)12(15)16/h3-7,9H,2H2,1H3,(H,15,16). The number of carboxylic acids is 1. The van der Waals surface area contributed by atoms with Gasteiger partial charge in [0.1, 0.15) is 5.69 Å². The van der Waals surface area contributed by atoms with Crippen LogP contribution in [-0.2, 0) is 0 Å². The third kappa shape index (κ3) is 2.55. The molecule has 0 aliphatic carbocycles. The van der Waals surface area contributed by atoms with Crippen molar-refractivity contribution in [2.24, 2.45) is 0 Å². The molecule has 2 heterocycles. The Morgan fingerprint density at radius 3 is 2.94 bits per heavy atom. The van der Waals surface area contributed by atoms with Crippen molar-refractivity contribution in [3.8, 4) is 0 Å². The van der Waals surface area contributed by atoms with Gasteiger partial charge in [-0.25, -0.2) is 4.79 Å². The summed E-state index contributed by atoms with van der Waals surface area (Å²) in [7, 11) is 0. The molecule has 0 amide bonds. The first-order valence-electron chi connectivity index (χ1n) is 5.27. The van der Waals surface area contributed by atoms with Crippen molar-refractivity contribution in [2.45, 2.75) is 19.4 Å². The van der Waals surface area contributed by atoms with E-state index >= 15 is 0 Å². The molecular formula is C12H12INO2S. The van der Waals surface area contributed by atoms with Gasteiger partial charge in [-0.1, -0.05) is 13.0 Å². The lowest BCUT2D eigenvalue weighted by molar-refractivity contribution is 0.0683. The SMILES string of the molecule is CCC(c1cccs1)n1cc(I)cc1C(=O)O. The quantitative estimate of drug-likeness (QED) is 0.841. The van der Waals surface area contributed by atoms with Crippen molar-refractivity contribution in [1.29, 1.82) is 0 Å². The minimum Gasteiger partial charge on any atom is -0.477 e. The molecule has 17 heavy (non-hydrogen) atoms. The highest BCUT2D eigenvalue weighted by Gasteiger charge is 2.19. The van der Waals surface area contributed by atoms with E-state index in [1.54, 1.807) is 17.4 Å². The van der Waals surface area contributed by atoms with Crippen molar-refractivity contribution in [1.82, 2.24) is 4.57 Å². The van der Waals surface area contributed by atoms with E-state index in [9.17, 15) is 9.90 Å². The van der Waals surface area contributed by atoms with Gasteiger partial charge in [-0.2, -0.15) is 0 Å². The Hall–Kier alpha value is -0.820. The van der Waals surface area contributed by atoms with E-state index in [2.05, 4.69) is 35.6 Å². The zero-order chi connectivity index (χ0) is 12.4. The van der Waals surface area contributed by atoms with Gasteiger partial charge in [0.2, 0.25) is 0 Å². The third-order valence-corrected chi connectivity index (χ3v) is 4.19. The van der Waals surface area contributed by atoms with Gasteiger partial charge in [0, 0.05) is 14.6 Å². The zero-order valence-electron chi connectivity index (χ0n) is 9.26. The van der Waals surface area contributed by atoms with Gasteiger partial charge >= 0.3 is 5.97 Å². The Bertz CT molecular complexity index is 519. The molecule has 2 aromatic rings. The van der Waals surface area contributed by atoms with Gasteiger partial charge in [-0.15, -0.1) is 11.3 Å². The molecule has 1 unspecified atom stereocenters. The van der Waals surface area contributed by atoms with E-state index in [1.807, 2.05) is 22.2 Å². The Kier molecular flexibility index (Phi) is 3.88. The Morgan fingerprint density at radius 2 is 2.41 bits per heavy atom. The number of aromatic nitrogens is 1. The van der Waals surface area contributed by atoms with Crippen LogP contribution in [0.25, 0.3) is 0 Å². The number of halogens is 1. The summed E-state index contributed by atoms with van der Waals surface area (Å²) in [6.45, 7) is 2.07. The smallest absolute Gasteiger partial charge is 0.352 e. The maximum absolute atomic E-state index is 11.2. The second kappa shape index (κ2) is 5.22. The molecule has 0 spiro atoms. The fourth-order valence-corrected chi connectivity index (χ4v) is 3.39. The summed E-state index contributed by atoms with van der Waals surface area (Å²) in [5, 5.41) is 11.2. The molecule has 0 bridgehead atoms. The summed E-state index contributed by atoms with van der Waals surface area (Å²) in [6.07, 6.45) is 2.78. The average Bonchev–Trinajstić information content (AvgIpc) is 2.89. The largest absolute Gasteiger partial charge is 0.477 e. The van der Waals surface area contributed by atoms with Crippen LogP contribution in [0.2, 0.25) is 0 Å². The highest BCUT2D eigenvalue weighted by atomic mass is 127. The lowest BCUT2D eigenvalue weighted by Gasteiger charge is -2.17. The van der Waals surface area contributed by atoms with Crippen molar-refractivity contribution >= 4 is 39.9 Å². The van der Waals surface area contributed by atoms with Crippen LogP contribution in [0.5, 0.6) is 0 Å². The van der Waals surface area contributed by atoms with Crippen LogP contribution in [0.1, 0.15) is 34.8 Å². The highest BCUT2D eigenvalue weighted by molar-refractivity contribution is 14.1. The lowest BCUT2D eigenvalue weighted by Crippen LogP contribution is -2.13. The lowest BCUT2D eigenvalue weighted by atomic mass is 10.2. The van der Waals surface area contributed by atoms with Gasteiger partial charge in [0.05, 0.1) is 6.04 Å². The predicted octanol–water partition coefficient (Wildman–Crippen LogP) is 3.85. The van der Waals surface area contributed by atoms with Crippen LogP contribution in [0.15, 0.2) is 29.8 Å². The highest BCUT2D eigenvalue weighted by Crippen LogP contribution is 2.29. The normalized spacial score (nSPS) is 12.6. The fourth-order valence-electron chi connectivity index (χ4n) is 1.89. The van der Waals surface area contributed by atoms with E-state index < -0.39 is 5.97 Å². The van der Waals surface area contributed by atoms with E-state index in [4.69, 9.17) is 0 Å². The molecule has 0 aliphatic rings. The predicted molar refractivity (Wildman–Crippen MR) is 76.9 cm³/mol. The molecule has 1 N–H and O–H groups in total. The first kappa shape index (κ1) is 12.6. The Balaban J connectivity index is 2.47. The van der Waals surface area contributed by atoms with Crippen molar-refractivity contribution in [2.75, 3.05) is 0 Å². The van der Waals surface area contributed by atoms with E-state index in [0.29, 0.717) is 5.69 Å². The number of aromatic carboxylic acids is 1. The molecule has 90 valence electrons. The molecule has 0 saturated heterocycles. The van der Waals surface area contributed by atoms with Crippen LogP contribution in [0.4, 0.5) is 0 Å². The maximum Gasteiger partial charge on any atom is 0.352 e. The second-order valence-electron chi connectivity index (χ2n) is 3.70. The topological polar surface area (TPSA) is 42.2 Å². The monoisotopic (exact) mass is 361 g/mol. The number of carboxylic acid groups (broad SMARTS) is 1. The molecule has 2 rings (SSSR count). The average molecular weight is 361 g/mol. The Morgan fingerprint density at radius 1 is 1.65 bits per heavy atom. The van der Waals surface area contributed by atoms with Gasteiger partial charge < -0.3 is 9.67 Å². The summed E-state index contributed by atoms with van der Waals surface area (Å²) < 4.78 is 2.81. The molecule has 0 radical (unpaired) electrons. The number of nitrogens with zero attached hydrogens (tertiary/aromatic N) is 1. The van der Waals surface area contributed by atoms with Crippen LogP contribution in [0, 0.1) is 3.57 Å². The fraction of sp³-hybridized carbons (Fsp3) is 0.250. The maximum atomic E-state index is 11.2. The van der Waals surface area contributed by atoms with Crippen molar-refractivity contribution in [3.63, 3.8) is 0 Å². The van der Waals surface area contributed by atoms with Gasteiger partial charge in [-0.05, 0) is 46.5 Å². The molecule has 0 aromatic carbocycles. The second-order valence-corrected chi connectivity index (χ2v) is 5.92. The van der Waals surface area contributed by atoms with Crippen LogP contribution in [-0.4, -0.2) is 15.6 Å². The number of thiophene rings is 1. The molecular weight excluding hydrogens is 349 g/mol. The molecule has 1 atom stereocenters. The van der Waals surface area contributed by atoms with Crippen molar-refractivity contribution < 1.29 is 9.90 Å². The summed E-state index contributed by atoms with van der Waals surface area (Å²) in [6, 6.07) is 5.87. The minimum absolute atomic E-state index is 0.115. The minimum atomic E-state index is -0.872. The number of hydrogen-bond acceptors (Lipinski definition) is 2. The van der Waals surface area contributed by atoms with E-state index in [-0.39, 0.29) is 6.04 Å². The number of rotatable bonds is 4. The number of carbonyl (C=O) groups is 1.